The molecular formula is C22H25N3O5. The molecule has 4 N–H and O–H groups in total. The number of ether oxygens (including phenoxy) is 2. The second kappa shape index (κ2) is 11.3. The molecule has 0 atom stereocenters. The first-order valence-corrected chi connectivity index (χ1v) is 9.25. The number of carbonyl (C=O) groups excluding carboxylic acids is 3. The van der Waals surface area contributed by atoms with E-state index in [4.69, 9.17) is 15.2 Å². The van der Waals surface area contributed by atoms with Gasteiger partial charge in [-0.1, -0.05) is 24.3 Å². The van der Waals surface area contributed by atoms with Crippen molar-refractivity contribution in [2.24, 2.45) is 5.73 Å². The topological polar surface area (TPSA) is 120 Å². The van der Waals surface area contributed by atoms with Crippen LogP contribution in [0, 0.1) is 0 Å². The number of primary amides is 1. The summed E-state index contributed by atoms with van der Waals surface area (Å²) in [4.78, 5) is 34.6. The molecule has 30 heavy (non-hydrogen) atoms. The maximum Gasteiger partial charge on any atom is 0.258 e. The van der Waals surface area contributed by atoms with Crippen molar-refractivity contribution in [2.75, 3.05) is 20.3 Å². The molecule has 0 aromatic heterocycles. The van der Waals surface area contributed by atoms with Crippen LogP contribution in [0.25, 0.3) is 0 Å². The summed E-state index contributed by atoms with van der Waals surface area (Å²) >= 11 is 0. The summed E-state index contributed by atoms with van der Waals surface area (Å²) in [6, 6.07) is 12.1. The van der Waals surface area contributed by atoms with E-state index in [-0.39, 0.29) is 25.6 Å². The number of nitrogens with one attached hydrogen (secondary N) is 2. The number of carbonyl (C=O) groups is 3. The van der Waals surface area contributed by atoms with E-state index in [1.807, 2.05) is 12.1 Å². The highest BCUT2D eigenvalue weighted by molar-refractivity contribution is 5.96. The molecule has 2 rings (SSSR count). The van der Waals surface area contributed by atoms with Crippen molar-refractivity contribution in [1.82, 2.24) is 10.6 Å². The molecule has 0 aliphatic heterocycles. The number of nitrogens with two attached hydrogens (primary N) is 1. The third-order valence-corrected chi connectivity index (χ3v) is 4.10. The van der Waals surface area contributed by atoms with Crippen LogP contribution >= 0.6 is 0 Å². The minimum Gasteiger partial charge on any atom is -0.493 e. The maximum absolute atomic E-state index is 12.1. The molecule has 0 bridgehead atoms. The first kappa shape index (κ1) is 22.5. The fourth-order valence-corrected chi connectivity index (χ4v) is 2.56. The Labute approximate surface area is 175 Å². The van der Waals surface area contributed by atoms with Crippen LogP contribution in [0.4, 0.5) is 0 Å². The molecule has 158 valence electrons. The molecule has 3 amide bonds. The number of hydrogen-bond donors (Lipinski definition) is 3. The SMILES string of the molecule is C=CCc1ccc(OCC(=O)NCc2ccc(C(=O)NCC(N)=O)cc2)c(OC)c1. The van der Waals surface area contributed by atoms with E-state index in [1.165, 1.54) is 7.11 Å². The maximum atomic E-state index is 12.1. The molecule has 0 heterocycles. The van der Waals surface area contributed by atoms with Gasteiger partial charge in [-0.05, 0) is 41.8 Å². The van der Waals surface area contributed by atoms with Gasteiger partial charge in [0.15, 0.2) is 18.1 Å². The minimum absolute atomic E-state index is 0.162. The molecule has 8 heteroatoms. The van der Waals surface area contributed by atoms with Crippen LogP contribution in [0.3, 0.4) is 0 Å². The van der Waals surface area contributed by atoms with Crippen LogP contribution < -0.4 is 25.8 Å². The molecule has 0 saturated heterocycles. The molecule has 2 aromatic carbocycles. The lowest BCUT2D eigenvalue weighted by molar-refractivity contribution is -0.123. The third kappa shape index (κ3) is 6.97. The lowest BCUT2D eigenvalue weighted by atomic mass is 10.1. The van der Waals surface area contributed by atoms with E-state index in [9.17, 15) is 14.4 Å². The summed E-state index contributed by atoms with van der Waals surface area (Å²) in [5.41, 5.74) is 7.22. The van der Waals surface area contributed by atoms with Gasteiger partial charge in [0.1, 0.15) is 0 Å². The quantitative estimate of drug-likeness (QED) is 0.482. The van der Waals surface area contributed by atoms with E-state index >= 15 is 0 Å². The van der Waals surface area contributed by atoms with Crippen LogP contribution in [-0.2, 0) is 22.6 Å². The van der Waals surface area contributed by atoms with E-state index in [0.717, 1.165) is 11.1 Å². The first-order chi connectivity index (χ1) is 14.4. The normalized spacial score (nSPS) is 10.0. The number of hydrogen-bond acceptors (Lipinski definition) is 5. The molecule has 0 spiro atoms. The highest BCUT2D eigenvalue weighted by Gasteiger charge is 2.09. The van der Waals surface area contributed by atoms with Crippen molar-refractivity contribution in [3.05, 3.63) is 71.8 Å². The molecule has 0 fully saturated rings. The molecular weight excluding hydrogens is 386 g/mol. The van der Waals surface area contributed by atoms with Crippen LogP contribution in [-0.4, -0.2) is 38.0 Å². The number of amides is 3. The number of methoxy groups -OCH3 is 1. The van der Waals surface area contributed by atoms with Gasteiger partial charge in [-0.25, -0.2) is 0 Å². The summed E-state index contributed by atoms with van der Waals surface area (Å²) in [5.74, 6) is -0.282. The summed E-state index contributed by atoms with van der Waals surface area (Å²) in [6.07, 6.45) is 2.51. The Morgan fingerprint density at radius 3 is 2.37 bits per heavy atom. The molecule has 0 unspecified atom stereocenters. The van der Waals surface area contributed by atoms with Gasteiger partial charge in [-0.15, -0.1) is 6.58 Å². The lowest BCUT2D eigenvalue weighted by Crippen LogP contribution is -2.33. The zero-order valence-corrected chi connectivity index (χ0v) is 16.8. The summed E-state index contributed by atoms with van der Waals surface area (Å²) in [7, 11) is 1.54. The van der Waals surface area contributed by atoms with Gasteiger partial charge >= 0.3 is 0 Å². The smallest absolute Gasteiger partial charge is 0.258 e. The van der Waals surface area contributed by atoms with E-state index < -0.39 is 11.8 Å². The first-order valence-electron chi connectivity index (χ1n) is 9.25. The van der Waals surface area contributed by atoms with Crippen LogP contribution in [0.1, 0.15) is 21.5 Å². The third-order valence-electron chi connectivity index (χ3n) is 4.10. The fraction of sp³-hybridized carbons (Fsp3) is 0.227. The molecule has 0 radical (unpaired) electrons. The van der Waals surface area contributed by atoms with Gasteiger partial charge < -0.3 is 25.8 Å². The Hall–Kier alpha value is -3.81. The Morgan fingerprint density at radius 2 is 1.73 bits per heavy atom. The monoisotopic (exact) mass is 411 g/mol. The molecule has 8 nitrogen and oxygen atoms in total. The Morgan fingerprint density at radius 1 is 1.03 bits per heavy atom. The largest absolute Gasteiger partial charge is 0.493 e. The van der Waals surface area contributed by atoms with Gasteiger partial charge in [0.2, 0.25) is 5.91 Å². The zero-order chi connectivity index (χ0) is 21.9. The van der Waals surface area contributed by atoms with Gasteiger partial charge in [-0.2, -0.15) is 0 Å². The highest BCUT2D eigenvalue weighted by Crippen LogP contribution is 2.28. The van der Waals surface area contributed by atoms with Crippen LogP contribution in [0.5, 0.6) is 11.5 Å². The average molecular weight is 411 g/mol. The molecule has 0 aliphatic rings. The standard InChI is InChI=1S/C22H25N3O5/c1-3-4-15-7-10-18(19(11-15)29-2)30-14-21(27)24-12-16-5-8-17(9-6-16)22(28)25-13-20(23)26/h3,5-11H,1,4,12-14H2,2H3,(H2,23,26)(H,24,27)(H,25,28). The van der Waals surface area contributed by atoms with Gasteiger partial charge in [-0.3, -0.25) is 14.4 Å². The van der Waals surface area contributed by atoms with Crippen molar-refractivity contribution >= 4 is 17.7 Å². The lowest BCUT2D eigenvalue weighted by Gasteiger charge is -2.12. The Kier molecular flexibility index (Phi) is 8.43. The van der Waals surface area contributed by atoms with Gasteiger partial charge in [0.25, 0.3) is 11.8 Å². The number of rotatable bonds is 11. The second-order valence-electron chi connectivity index (χ2n) is 6.39. The van der Waals surface area contributed by atoms with E-state index in [0.29, 0.717) is 23.5 Å². The average Bonchev–Trinajstić information content (AvgIpc) is 2.75. The van der Waals surface area contributed by atoms with Crippen molar-refractivity contribution < 1.29 is 23.9 Å². The predicted molar refractivity (Wildman–Crippen MR) is 112 cm³/mol. The van der Waals surface area contributed by atoms with Crippen molar-refractivity contribution in [1.29, 1.82) is 0 Å². The van der Waals surface area contributed by atoms with Crippen LogP contribution in [0.2, 0.25) is 0 Å². The fourth-order valence-electron chi connectivity index (χ4n) is 2.56. The molecule has 0 saturated carbocycles. The minimum atomic E-state index is -0.616. The van der Waals surface area contributed by atoms with Crippen molar-refractivity contribution in [2.45, 2.75) is 13.0 Å². The zero-order valence-electron chi connectivity index (χ0n) is 16.8. The number of allylic oxidation sites excluding steroid dienone is 1. The van der Waals surface area contributed by atoms with Crippen molar-refractivity contribution in [3.63, 3.8) is 0 Å². The van der Waals surface area contributed by atoms with E-state index in [2.05, 4.69) is 17.2 Å². The van der Waals surface area contributed by atoms with Crippen LogP contribution in [0.15, 0.2) is 55.1 Å². The van der Waals surface area contributed by atoms with Gasteiger partial charge in [0, 0.05) is 12.1 Å². The molecule has 0 aliphatic carbocycles. The van der Waals surface area contributed by atoms with E-state index in [1.54, 1.807) is 36.4 Å². The van der Waals surface area contributed by atoms with Crippen molar-refractivity contribution in [3.8, 4) is 11.5 Å². The Balaban J connectivity index is 1.82. The van der Waals surface area contributed by atoms with Gasteiger partial charge in [0.05, 0.1) is 13.7 Å². The summed E-state index contributed by atoms with van der Waals surface area (Å²) in [5, 5.41) is 5.15. The molecule has 2 aromatic rings. The highest BCUT2D eigenvalue weighted by atomic mass is 16.5. The Bertz CT molecular complexity index is 909. The predicted octanol–water partition coefficient (Wildman–Crippen LogP) is 1.33. The second-order valence-corrected chi connectivity index (χ2v) is 6.39. The number of benzene rings is 2. The summed E-state index contributed by atoms with van der Waals surface area (Å²) in [6.45, 7) is 3.60. The summed E-state index contributed by atoms with van der Waals surface area (Å²) < 4.78 is 10.9.